The highest BCUT2D eigenvalue weighted by molar-refractivity contribution is 5.86. The van der Waals surface area contributed by atoms with Gasteiger partial charge in [0, 0.05) is 22.8 Å². The molecule has 0 aliphatic carbocycles. The molecule has 0 saturated carbocycles. The van der Waals surface area contributed by atoms with Crippen LogP contribution in [0.2, 0.25) is 0 Å². The highest BCUT2D eigenvalue weighted by Gasteiger charge is 2.07. The minimum atomic E-state index is 0.584. The number of fused-ring (bicyclic) bond motifs is 1. The van der Waals surface area contributed by atoms with Crippen LogP contribution in [-0.2, 0) is 11.3 Å². The van der Waals surface area contributed by atoms with E-state index >= 15 is 0 Å². The number of anilines is 1. The second-order valence-corrected chi connectivity index (χ2v) is 4.47. The highest BCUT2D eigenvalue weighted by atomic mass is 16.1. The summed E-state index contributed by atoms with van der Waals surface area (Å²) in [5.74, 6) is 0. The topological polar surface area (TPSA) is 36.1 Å². The van der Waals surface area contributed by atoms with Crippen molar-refractivity contribution in [2.24, 2.45) is 0 Å². The molecule has 3 nitrogen and oxygen atoms in total. The molecule has 0 aliphatic heterocycles. The lowest BCUT2D eigenvalue weighted by molar-refractivity contribution is -0.107. The van der Waals surface area contributed by atoms with Gasteiger partial charge in [0.2, 0.25) is 6.41 Å². The van der Waals surface area contributed by atoms with Gasteiger partial charge in [0.05, 0.1) is 6.54 Å². The number of carbonyl (C=O) groups is 1. The Kier molecular flexibility index (Phi) is 3.02. The molecule has 0 radical (unpaired) electrons. The average Bonchev–Trinajstić information content (AvgIpc) is 2.93. The Balaban J connectivity index is 1.91. The molecule has 1 heterocycles. The van der Waals surface area contributed by atoms with E-state index in [1.807, 2.05) is 60.8 Å². The predicted octanol–water partition coefficient (Wildman–Crippen LogP) is 3.33. The van der Waals surface area contributed by atoms with Gasteiger partial charge >= 0.3 is 0 Å². The van der Waals surface area contributed by atoms with E-state index in [1.165, 1.54) is 0 Å². The van der Waals surface area contributed by atoms with Gasteiger partial charge in [-0.3, -0.25) is 4.79 Å². The summed E-state index contributed by atoms with van der Waals surface area (Å²) in [6.07, 6.45) is 2.78. The molecule has 0 bridgehead atoms. The number of aromatic amines is 1. The second kappa shape index (κ2) is 4.98. The van der Waals surface area contributed by atoms with Crippen LogP contribution < -0.4 is 4.90 Å². The van der Waals surface area contributed by atoms with Gasteiger partial charge in [0.1, 0.15) is 0 Å². The van der Waals surface area contributed by atoms with E-state index in [1.54, 1.807) is 4.90 Å². The molecule has 0 spiro atoms. The molecule has 94 valence electrons. The Morgan fingerprint density at radius 2 is 1.89 bits per heavy atom. The van der Waals surface area contributed by atoms with E-state index in [4.69, 9.17) is 0 Å². The number of rotatable bonds is 4. The lowest BCUT2D eigenvalue weighted by atomic mass is 10.2. The number of nitrogens with one attached hydrogen (secondary N) is 1. The molecule has 3 rings (SSSR count). The summed E-state index contributed by atoms with van der Waals surface area (Å²) in [5.41, 5.74) is 3.10. The first kappa shape index (κ1) is 11.5. The first-order valence-electron chi connectivity index (χ1n) is 6.20. The smallest absolute Gasteiger partial charge is 0.214 e. The van der Waals surface area contributed by atoms with Crippen molar-refractivity contribution in [2.45, 2.75) is 6.54 Å². The number of benzene rings is 2. The lowest BCUT2D eigenvalue weighted by Gasteiger charge is -2.17. The normalized spacial score (nSPS) is 10.5. The third-order valence-corrected chi connectivity index (χ3v) is 3.19. The summed E-state index contributed by atoms with van der Waals surface area (Å²) in [6, 6.07) is 17.9. The zero-order valence-electron chi connectivity index (χ0n) is 10.4. The summed E-state index contributed by atoms with van der Waals surface area (Å²) in [5, 5.41) is 1.11. The zero-order valence-corrected chi connectivity index (χ0v) is 10.4. The van der Waals surface area contributed by atoms with Crippen LogP contribution in [0, 0.1) is 0 Å². The standard InChI is InChI=1S/C16H14N2O/c19-12-18(11-13-4-2-1-3-5-13)15-6-7-16-14(10-15)8-9-17-16/h1-10,12,17H,11H2. The Morgan fingerprint density at radius 3 is 2.68 bits per heavy atom. The van der Waals surface area contributed by atoms with Gasteiger partial charge in [0.25, 0.3) is 0 Å². The van der Waals surface area contributed by atoms with Crippen LogP contribution in [0.25, 0.3) is 10.9 Å². The van der Waals surface area contributed by atoms with Gasteiger partial charge in [0.15, 0.2) is 0 Å². The Morgan fingerprint density at radius 1 is 1.05 bits per heavy atom. The molecule has 0 saturated heterocycles. The van der Waals surface area contributed by atoms with Gasteiger partial charge in [-0.25, -0.2) is 0 Å². The molecule has 1 amide bonds. The van der Waals surface area contributed by atoms with Crippen molar-refractivity contribution < 1.29 is 4.79 Å². The van der Waals surface area contributed by atoms with Gasteiger partial charge in [-0.05, 0) is 29.8 Å². The molecule has 3 aromatic rings. The summed E-state index contributed by atoms with van der Waals surface area (Å²) >= 11 is 0. The molecule has 0 fully saturated rings. The molecule has 19 heavy (non-hydrogen) atoms. The van der Waals surface area contributed by atoms with Crippen LogP contribution in [0.1, 0.15) is 5.56 Å². The van der Waals surface area contributed by atoms with Crippen molar-refractivity contribution in [1.29, 1.82) is 0 Å². The number of hydrogen-bond acceptors (Lipinski definition) is 1. The molecular formula is C16H14N2O. The molecule has 3 heteroatoms. The van der Waals surface area contributed by atoms with E-state index in [9.17, 15) is 4.79 Å². The fraction of sp³-hybridized carbons (Fsp3) is 0.0625. The number of carbonyl (C=O) groups excluding carboxylic acids is 1. The molecule has 0 atom stereocenters. The van der Waals surface area contributed by atoms with Crippen LogP contribution in [0.4, 0.5) is 5.69 Å². The van der Waals surface area contributed by atoms with Gasteiger partial charge in [-0.15, -0.1) is 0 Å². The maximum absolute atomic E-state index is 11.3. The zero-order chi connectivity index (χ0) is 13.1. The third-order valence-electron chi connectivity index (χ3n) is 3.19. The number of nitrogens with zero attached hydrogens (tertiary/aromatic N) is 1. The maximum atomic E-state index is 11.3. The van der Waals surface area contributed by atoms with Crippen LogP contribution in [-0.4, -0.2) is 11.4 Å². The lowest BCUT2D eigenvalue weighted by Crippen LogP contribution is -2.20. The predicted molar refractivity (Wildman–Crippen MR) is 77.0 cm³/mol. The SMILES string of the molecule is O=CN(Cc1ccccc1)c1ccc2[nH]ccc2c1. The van der Waals surface area contributed by atoms with Crippen LogP contribution in [0.3, 0.4) is 0 Å². The second-order valence-electron chi connectivity index (χ2n) is 4.47. The first-order chi connectivity index (χ1) is 9.36. The molecule has 0 aliphatic rings. The van der Waals surface area contributed by atoms with Gasteiger partial charge < -0.3 is 9.88 Å². The van der Waals surface area contributed by atoms with Crippen molar-refractivity contribution in [1.82, 2.24) is 4.98 Å². The first-order valence-corrected chi connectivity index (χ1v) is 6.20. The van der Waals surface area contributed by atoms with E-state index in [0.717, 1.165) is 28.6 Å². The third kappa shape index (κ3) is 2.36. The van der Waals surface area contributed by atoms with E-state index in [0.29, 0.717) is 6.54 Å². The van der Waals surface area contributed by atoms with E-state index < -0.39 is 0 Å². The number of amides is 1. The van der Waals surface area contributed by atoms with Crippen LogP contribution in [0.5, 0.6) is 0 Å². The fourth-order valence-electron chi connectivity index (χ4n) is 2.19. The van der Waals surface area contributed by atoms with Crippen LogP contribution >= 0.6 is 0 Å². The Labute approximate surface area is 111 Å². The number of H-pyrrole nitrogens is 1. The average molecular weight is 250 g/mol. The van der Waals surface area contributed by atoms with E-state index in [2.05, 4.69) is 4.98 Å². The maximum Gasteiger partial charge on any atom is 0.214 e. The van der Waals surface area contributed by atoms with Gasteiger partial charge in [-0.2, -0.15) is 0 Å². The summed E-state index contributed by atoms with van der Waals surface area (Å²) in [7, 11) is 0. The summed E-state index contributed by atoms with van der Waals surface area (Å²) in [6.45, 7) is 0.584. The highest BCUT2D eigenvalue weighted by Crippen LogP contribution is 2.21. The summed E-state index contributed by atoms with van der Waals surface area (Å²) < 4.78 is 0. The molecule has 0 unspecified atom stereocenters. The van der Waals surface area contributed by atoms with Crippen molar-refractivity contribution in [3.63, 3.8) is 0 Å². The Bertz CT molecular complexity index is 688. The van der Waals surface area contributed by atoms with Crippen LogP contribution in [0.15, 0.2) is 60.8 Å². The quantitative estimate of drug-likeness (QED) is 0.708. The Hall–Kier alpha value is -2.55. The van der Waals surface area contributed by atoms with Crippen molar-refractivity contribution in [3.05, 3.63) is 66.4 Å². The molecule has 1 aromatic heterocycles. The van der Waals surface area contributed by atoms with E-state index in [-0.39, 0.29) is 0 Å². The van der Waals surface area contributed by atoms with Crippen molar-refractivity contribution in [2.75, 3.05) is 4.90 Å². The number of hydrogen-bond donors (Lipinski definition) is 1. The van der Waals surface area contributed by atoms with Crippen molar-refractivity contribution >= 4 is 23.0 Å². The number of aromatic nitrogens is 1. The summed E-state index contributed by atoms with van der Waals surface area (Å²) in [4.78, 5) is 16.2. The minimum absolute atomic E-state index is 0.584. The molecule has 1 N–H and O–H groups in total. The van der Waals surface area contributed by atoms with Crippen molar-refractivity contribution in [3.8, 4) is 0 Å². The largest absolute Gasteiger partial charge is 0.361 e. The molecule has 2 aromatic carbocycles. The minimum Gasteiger partial charge on any atom is -0.361 e. The fourth-order valence-corrected chi connectivity index (χ4v) is 2.19. The molecular weight excluding hydrogens is 236 g/mol. The monoisotopic (exact) mass is 250 g/mol. The van der Waals surface area contributed by atoms with Gasteiger partial charge in [-0.1, -0.05) is 30.3 Å².